The Kier molecular flexibility index (Phi) is 3.61. The van der Waals surface area contributed by atoms with Crippen LogP contribution in [0.1, 0.15) is 35.8 Å². The van der Waals surface area contributed by atoms with Gasteiger partial charge in [-0.3, -0.25) is 4.79 Å². The molecule has 16 heavy (non-hydrogen) atoms. The number of hydrogen-bond donors (Lipinski definition) is 2. The summed E-state index contributed by atoms with van der Waals surface area (Å²) in [6.07, 6.45) is 2.59. The molecule has 1 heterocycles. The van der Waals surface area contributed by atoms with E-state index in [4.69, 9.17) is 0 Å². The van der Waals surface area contributed by atoms with Crippen LogP contribution >= 0.6 is 11.3 Å². The number of aliphatic hydroxyl groups is 1. The van der Waals surface area contributed by atoms with Gasteiger partial charge < -0.3 is 10.4 Å². The predicted octanol–water partition coefficient (Wildman–Crippen LogP) is 2.01. The summed E-state index contributed by atoms with van der Waals surface area (Å²) in [5.41, 5.74) is 1.09. The topological polar surface area (TPSA) is 49.3 Å². The highest BCUT2D eigenvalue weighted by molar-refractivity contribution is 7.10. The minimum Gasteiger partial charge on any atom is -0.386 e. The lowest BCUT2D eigenvalue weighted by atomic mass is 9.85. The van der Waals surface area contributed by atoms with Crippen LogP contribution in [0.5, 0.6) is 0 Å². The van der Waals surface area contributed by atoms with Crippen LogP contribution in [0, 0.1) is 12.8 Å². The second kappa shape index (κ2) is 4.97. The van der Waals surface area contributed by atoms with Gasteiger partial charge in [0.05, 0.1) is 0 Å². The molecule has 1 unspecified atom stereocenters. The molecule has 2 rings (SSSR count). The lowest BCUT2D eigenvalue weighted by molar-refractivity contribution is -0.127. The van der Waals surface area contributed by atoms with Gasteiger partial charge in [-0.2, -0.15) is 0 Å². The van der Waals surface area contributed by atoms with Crippen LogP contribution < -0.4 is 5.32 Å². The molecule has 4 heteroatoms. The van der Waals surface area contributed by atoms with Crippen molar-refractivity contribution in [1.82, 2.24) is 5.32 Å². The van der Waals surface area contributed by atoms with Crippen molar-refractivity contribution >= 4 is 17.2 Å². The molecular formula is C12H17NO2S. The fraction of sp³-hybridized carbons (Fsp3) is 0.583. The molecular weight excluding hydrogens is 222 g/mol. The van der Waals surface area contributed by atoms with E-state index >= 15 is 0 Å². The Morgan fingerprint density at radius 2 is 2.44 bits per heavy atom. The third-order valence-corrected chi connectivity index (χ3v) is 4.27. The fourth-order valence-corrected chi connectivity index (χ4v) is 2.74. The molecule has 0 radical (unpaired) electrons. The molecule has 0 aromatic carbocycles. The summed E-state index contributed by atoms with van der Waals surface area (Å²) < 4.78 is 0. The summed E-state index contributed by atoms with van der Waals surface area (Å²) in [6.45, 7) is 2.31. The highest BCUT2D eigenvalue weighted by Gasteiger charge is 2.25. The summed E-state index contributed by atoms with van der Waals surface area (Å²) in [6, 6.07) is 1.98. The van der Waals surface area contributed by atoms with Crippen molar-refractivity contribution in [2.75, 3.05) is 6.54 Å². The van der Waals surface area contributed by atoms with Crippen molar-refractivity contribution in [3.8, 4) is 0 Å². The molecule has 3 nitrogen and oxygen atoms in total. The average molecular weight is 239 g/mol. The summed E-state index contributed by atoms with van der Waals surface area (Å²) in [5, 5.41) is 14.7. The number of nitrogens with one attached hydrogen (secondary N) is 1. The van der Waals surface area contributed by atoms with Crippen molar-refractivity contribution in [2.24, 2.45) is 5.92 Å². The van der Waals surface area contributed by atoms with Gasteiger partial charge >= 0.3 is 0 Å². The number of carbonyl (C=O) groups is 1. The van der Waals surface area contributed by atoms with Gasteiger partial charge in [0.1, 0.15) is 6.10 Å². The second-order valence-electron chi connectivity index (χ2n) is 4.36. The molecule has 1 fully saturated rings. The maximum absolute atomic E-state index is 11.6. The van der Waals surface area contributed by atoms with Crippen molar-refractivity contribution in [3.05, 3.63) is 21.9 Å². The van der Waals surface area contributed by atoms with Crippen LogP contribution in [0.2, 0.25) is 0 Å². The lowest BCUT2D eigenvalue weighted by Gasteiger charge is -2.24. The predicted molar refractivity (Wildman–Crippen MR) is 64.4 cm³/mol. The van der Waals surface area contributed by atoms with Crippen molar-refractivity contribution in [1.29, 1.82) is 0 Å². The number of amides is 1. The number of carbonyl (C=O) groups excluding carboxylic acids is 1. The molecule has 1 aliphatic carbocycles. The third-order valence-electron chi connectivity index (χ3n) is 3.15. The van der Waals surface area contributed by atoms with Gasteiger partial charge in [0.2, 0.25) is 5.91 Å². The molecule has 0 aliphatic heterocycles. The molecule has 2 N–H and O–H groups in total. The lowest BCUT2D eigenvalue weighted by Crippen LogP contribution is -2.36. The molecule has 1 amide bonds. The van der Waals surface area contributed by atoms with Crippen molar-refractivity contribution in [2.45, 2.75) is 32.3 Å². The van der Waals surface area contributed by atoms with Crippen LogP contribution in [-0.2, 0) is 4.79 Å². The molecule has 0 saturated heterocycles. The zero-order valence-electron chi connectivity index (χ0n) is 9.40. The van der Waals surface area contributed by atoms with E-state index in [2.05, 4.69) is 5.32 Å². The maximum Gasteiger partial charge on any atom is 0.223 e. The first kappa shape index (κ1) is 11.6. The molecule has 88 valence electrons. The van der Waals surface area contributed by atoms with Gasteiger partial charge in [-0.15, -0.1) is 11.3 Å². The summed E-state index contributed by atoms with van der Waals surface area (Å²) in [4.78, 5) is 12.5. The molecule has 0 spiro atoms. The Morgan fingerprint density at radius 1 is 1.69 bits per heavy atom. The van der Waals surface area contributed by atoms with E-state index in [1.165, 1.54) is 11.3 Å². The Morgan fingerprint density at radius 3 is 2.94 bits per heavy atom. The Balaban J connectivity index is 1.81. The first-order valence-corrected chi connectivity index (χ1v) is 6.56. The van der Waals surface area contributed by atoms with Gasteiger partial charge in [0.25, 0.3) is 0 Å². The minimum absolute atomic E-state index is 0.0968. The van der Waals surface area contributed by atoms with E-state index in [-0.39, 0.29) is 11.8 Å². The second-order valence-corrected chi connectivity index (χ2v) is 5.30. The smallest absolute Gasteiger partial charge is 0.223 e. The highest BCUT2D eigenvalue weighted by Crippen LogP contribution is 2.27. The fourth-order valence-electron chi connectivity index (χ4n) is 1.83. The van der Waals surface area contributed by atoms with Gasteiger partial charge in [-0.25, -0.2) is 0 Å². The number of aryl methyl sites for hydroxylation is 1. The number of hydrogen-bond acceptors (Lipinski definition) is 3. The van der Waals surface area contributed by atoms with Crippen LogP contribution in [0.4, 0.5) is 0 Å². The van der Waals surface area contributed by atoms with Gasteiger partial charge in [0.15, 0.2) is 0 Å². The standard InChI is InChI=1S/C12H17NO2S/c1-8-5-6-16-11(8)10(14)7-13-12(15)9-3-2-4-9/h5-6,9-10,14H,2-4,7H2,1H3,(H,13,15). The summed E-state index contributed by atoms with van der Waals surface area (Å²) >= 11 is 1.54. The van der Waals surface area contributed by atoms with E-state index in [0.29, 0.717) is 6.54 Å². The first-order chi connectivity index (χ1) is 7.68. The first-order valence-electron chi connectivity index (χ1n) is 5.68. The zero-order valence-corrected chi connectivity index (χ0v) is 10.2. The van der Waals surface area contributed by atoms with E-state index in [9.17, 15) is 9.90 Å². The monoisotopic (exact) mass is 239 g/mol. The van der Waals surface area contributed by atoms with E-state index < -0.39 is 6.10 Å². The van der Waals surface area contributed by atoms with E-state index in [1.807, 2.05) is 18.4 Å². The van der Waals surface area contributed by atoms with Crippen LogP contribution in [0.3, 0.4) is 0 Å². The molecule has 1 aromatic heterocycles. The molecule has 1 aromatic rings. The minimum atomic E-state index is -0.566. The average Bonchev–Trinajstić information content (AvgIpc) is 2.58. The normalized spacial score (nSPS) is 17.9. The van der Waals surface area contributed by atoms with Crippen molar-refractivity contribution < 1.29 is 9.90 Å². The van der Waals surface area contributed by atoms with E-state index in [1.54, 1.807) is 0 Å². The number of aliphatic hydroxyl groups excluding tert-OH is 1. The summed E-state index contributed by atoms with van der Waals surface area (Å²) in [5.74, 6) is 0.288. The molecule has 1 aliphatic rings. The zero-order chi connectivity index (χ0) is 11.5. The van der Waals surface area contributed by atoms with Crippen LogP contribution in [-0.4, -0.2) is 17.6 Å². The third kappa shape index (κ3) is 2.44. The van der Waals surface area contributed by atoms with Crippen LogP contribution in [0.25, 0.3) is 0 Å². The Labute approximate surface area is 99.5 Å². The molecule has 1 saturated carbocycles. The largest absolute Gasteiger partial charge is 0.386 e. The number of thiophene rings is 1. The SMILES string of the molecule is Cc1ccsc1C(O)CNC(=O)C1CCC1. The van der Waals surface area contributed by atoms with Gasteiger partial charge in [-0.05, 0) is 36.8 Å². The maximum atomic E-state index is 11.6. The van der Waals surface area contributed by atoms with E-state index in [0.717, 1.165) is 29.7 Å². The molecule has 0 bridgehead atoms. The molecule has 1 atom stereocenters. The Bertz CT molecular complexity index is 371. The summed E-state index contributed by atoms with van der Waals surface area (Å²) in [7, 11) is 0. The van der Waals surface area contributed by atoms with Crippen LogP contribution in [0.15, 0.2) is 11.4 Å². The Hall–Kier alpha value is -0.870. The van der Waals surface area contributed by atoms with Gasteiger partial charge in [0, 0.05) is 17.3 Å². The number of rotatable bonds is 4. The van der Waals surface area contributed by atoms with Crippen molar-refractivity contribution in [3.63, 3.8) is 0 Å². The van der Waals surface area contributed by atoms with Gasteiger partial charge in [-0.1, -0.05) is 6.42 Å². The quantitative estimate of drug-likeness (QED) is 0.844. The highest BCUT2D eigenvalue weighted by atomic mass is 32.1.